The molecule has 132 valence electrons. The van der Waals surface area contributed by atoms with Gasteiger partial charge in [-0.05, 0) is 30.7 Å². The number of hydrogen-bond donors (Lipinski definition) is 0. The molecule has 0 aliphatic heterocycles. The van der Waals surface area contributed by atoms with Crippen LogP contribution in [0.4, 0.5) is 0 Å². The first-order valence-corrected chi connectivity index (χ1v) is 9.16. The summed E-state index contributed by atoms with van der Waals surface area (Å²) in [7, 11) is 0. The van der Waals surface area contributed by atoms with E-state index < -0.39 is 0 Å². The lowest BCUT2D eigenvalue weighted by molar-refractivity contribution is -0.675. The average molecular weight is 408 g/mol. The van der Waals surface area contributed by atoms with Gasteiger partial charge in [-0.1, -0.05) is 24.3 Å². The number of benzene rings is 2. The molecule has 0 spiro atoms. The summed E-state index contributed by atoms with van der Waals surface area (Å²) in [5, 5.41) is 2.63. The van der Waals surface area contributed by atoms with Crippen LogP contribution in [0, 0.1) is 0 Å². The number of pyridine rings is 2. The van der Waals surface area contributed by atoms with Gasteiger partial charge in [0.15, 0.2) is 12.4 Å². The highest BCUT2D eigenvalue weighted by Crippen LogP contribution is 2.10. The van der Waals surface area contributed by atoms with Crippen molar-refractivity contribution in [3.05, 3.63) is 85.2 Å². The summed E-state index contributed by atoms with van der Waals surface area (Å²) in [5.74, 6) is 0. The van der Waals surface area contributed by atoms with Gasteiger partial charge in [0.25, 0.3) is 0 Å². The fourth-order valence-electron chi connectivity index (χ4n) is 3.57. The predicted molar refractivity (Wildman–Crippen MR) is 102 cm³/mol. The lowest BCUT2D eigenvalue weighted by atomic mass is 10.2. The van der Waals surface area contributed by atoms with E-state index in [1.807, 2.05) is 0 Å². The van der Waals surface area contributed by atoms with Crippen LogP contribution in [0.2, 0.25) is 0 Å². The monoisotopic (exact) mass is 407 g/mol. The normalized spacial score (nSPS) is 10.8. The maximum Gasteiger partial charge on any atom is 0.212 e. The van der Waals surface area contributed by atoms with Gasteiger partial charge < -0.3 is 17.0 Å². The Labute approximate surface area is 165 Å². The summed E-state index contributed by atoms with van der Waals surface area (Å²) in [6.07, 6.45) is 8.06. The Hall–Kier alpha value is -2.26. The molecule has 0 fully saturated rings. The number of unbranched alkanes of at least 4 members (excludes halogenated alkanes) is 2. The van der Waals surface area contributed by atoms with E-state index in [-0.39, 0.29) is 17.0 Å². The molecule has 0 N–H and O–H groups in total. The maximum absolute atomic E-state index is 2.38. The van der Waals surface area contributed by atoms with Crippen LogP contribution in [-0.4, -0.2) is 0 Å². The van der Waals surface area contributed by atoms with Gasteiger partial charge in [0.2, 0.25) is 11.0 Å². The third-order valence-electron chi connectivity index (χ3n) is 4.87. The molecule has 2 aromatic heterocycles. The molecule has 2 heterocycles. The number of fused-ring (bicyclic) bond motifs is 2. The standard InChI is InChI=1S/C23H24N2.BrH/c1(6-16-24-18-8-12-20-10-2-4-14-22(20)24)7-17-25-19-9-13-21-11-3-5-15-23(21)25;/h2-5,8-15,18-19H,1,6-7,16-17H2;1H/q+2;/p-1. The highest BCUT2D eigenvalue weighted by Gasteiger charge is 2.09. The Balaban J connectivity index is 0.00000196. The van der Waals surface area contributed by atoms with E-state index in [1.165, 1.54) is 41.1 Å². The molecule has 4 aromatic rings. The molecule has 26 heavy (non-hydrogen) atoms. The molecular weight excluding hydrogens is 384 g/mol. The van der Waals surface area contributed by atoms with E-state index in [9.17, 15) is 0 Å². The van der Waals surface area contributed by atoms with E-state index in [0.29, 0.717) is 0 Å². The first kappa shape index (κ1) is 18.5. The highest BCUT2D eigenvalue weighted by atomic mass is 79.9. The Bertz CT molecular complexity index is 905. The minimum absolute atomic E-state index is 0. The van der Waals surface area contributed by atoms with Gasteiger partial charge in [-0.15, -0.1) is 0 Å². The molecule has 3 heteroatoms. The number of aromatic nitrogens is 2. The number of halogens is 1. The molecule has 0 saturated heterocycles. The van der Waals surface area contributed by atoms with Crippen molar-refractivity contribution in [3.63, 3.8) is 0 Å². The quantitative estimate of drug-likeness (QED) is 0.337. The fourth-order valence-corrected chi connectivity index (χ4v) is 3.57. The summed E-state index contributed by atoms with van der Waals surface area (Å²) >= 11 is 0. The Kier molecular flexibility index (Phi) is 6.35. The van der Waals surface area contributed by atoms with E-state index in [0.717, 1.165) is 13.1 Å². The van der Waals surface area contributed by atoms with Crippen LogP contribution < -0.4 is 26.1 Å². The SMILES string of the molecule is [Br-].c1ccc2c(c1)ccc[n+]2CCCCC[n+]1cccc2ccccc21. The second-order valence-corrected chi connectivity index (χ2v) is 6.58. The molecule has 0 aliphatic rings. The largest absolute Gasteiger partial charge is 1.00 e. The molecule has 0 unspecified atom stereocenters. The molecule has 0 radical (unpaired) electrons. The second kappa shape index (κ2) is 8.91. The van der Waals surface area contributed by atoms with Gasteiger partial charge in [0, 0.05) is 47.9 Å². The summed E-state index contributed by atoms with van der Waals surface area (Å²) < 4.78 is 4.75. The number of rotatable bonds is 6. The smallest absolute Gasteiger partial charge is 0.212 e. The van der Waals surface area contributed by atoms with Gasteiger partial charge in [0.1, 0.15) is 13.1 Å². The van der Waals surface area contributed by atoms with Crippen molar-refractivity contribution in [3.8, 4) is 0 Å². The molecule has 0 atom stereocenters. The van der Waals surface area contributed by atoms with Crippen molar-refractivity contribution in [2.45, 2.75) is 32.4 Å². The number of hydrogen-bond acceptors (Lipinski definition) is 0. The minimum atomic E-state index is 0. The van der Waals surface area contributed by atoms with Crippen LogP contribution in [0.5, 0.6) is 0 Å². The van der Waals surface area contributed by atoms with Crippen LogP contribution in [-0.2, 0) is 13.1 Å². The first-order valence-electron chi connectivity index (χ1n) is 9.16. The zero-order valence-corrected chi connectivity index (χ0v) is 16.5. The zero-order chi connectivity index (χ0) is 16.9. The molecular formula is C23H24BrN2+. The minimum Gasteiger partial charge on any atom is -1.00 e. The first-order chi connectivity index (χ1) is 12.4. The van der Waals surface area contributed by atoms with Crippen molar-refractivity contribution in [1.29, 1.82) is 0 Å². The van der Waals surface area contributed by atoms with Gasteiger partial charge in [-0.3, -0.25) is 0 Å². The van der Waals surface area contributed by atoms with Gasteiger partial charge in [-0.2, -0.15) is 9.13 Å². The molecule has 0 amide bonds. The van der Waals surface area contributed by atoms with E-state index in [4.69, 9.17) is 0 Å². The van der Waals surface area contributed by atoms with Gasteiger partial charge in [0.05, 0.1) is 0 Å². The third-order valence-corrected chi connectivity index (χ3v) is 4.87. The average Bonchev–Trinajstić information content (AvgIpc) is 2.68. The lowest BCUT2D eigenvalue weighted by Gasteiger charge is -2.02. The molecule has 2 nitrogen and oxygen atoms in total. The molecule has 0 bridgehead atoms. The molecule has 4 rings (SSSR count). The Morgan fingerprint density at radius 1 is 0.500 bits per heavy atom. The zero-order valence-electron chi connectivity index (χ0n) is 14.9. The molecule has 2 aromatic carbocycles. The number of para-hydroxylation sites is 2. The lowest BCUT2D eigenvalue weighted by Crippen LogP contribution is -3.00. The van der Waals surface area contributed by atoms with Crippen molar-refractivity contribution in [2.24, 2.45) is 0 Å². The second-order valence-electron chi connectivity index (χ2n) is 6.58. The molecule has 0 aliphatic carbocycles. The van der Waals surface area contributed by atoms with Crippen molar-refractivity contribution >= 4 is 21.8 Å². The van der Waals surface area contributed by atoms with Gasteiger partial charge >= 0.3 is 0 Å². The van der Waals surface area contributed by atoms with Crippen LogP contribution in [0.25, 0.3) is 21.8 Å². The third kappa shape index (κ3) is 4.10. The predicted octanol–water partition coefficient (Wildman–Crippen LogP) is 1.44. The topological polar surface area (TPSA) is 7.76 Å². The van der Waals surface area contributed by atoms with Crippen LogP contribution >= 0.6 is 0 Å². The highest BCUT2D eigenvalue weighted by molar-refractivity contribution is 5.75. The van der Waals surface area contributed by atoms with Crippen LogP contribution in [0.15, 0.2) is 85.2 Å². The summed E-state index contributed by atoms with van der Waals surface area (Å²) in [6, 6.07) is 25.9. The van der Waals surface area contributed by atoms with Crippen molar-refractivity contribution in [2.75, 3.05) is 0 Å². The van der Waals surface area contributed by atoms with Crippen molar-refractivity contribution in [1.82, 2.24) is 0 Å². The van der Waals surface area contributed by atoms with E-state index in [1.54, 1.807) is 0 Å². The maximum atomic E-state index is 2.38. The summed E-state index contributed by atoms with van der Waals surface area (Å²) in [5.41, 5.74) is 2.65. The molecule has 0 saturated carbocycles. The summed E-state index contributed by atoms with van der Waals surface area (Å²) in [4.78, 5) is 0. The summed E-state index contributed by atoms with van der Waals surface area (Å²) in [6.45, 7) is 2.17. The Morgan fingerprint density at radius 3 is 1.42 bits per heavy atom. The van der Waals surface area contributed by atoms with E-state index >= 15 is 0 Å². The number of aryl methyl sites for hydroxylation is 2. The van der Waals surface area contributed by atoms with Crippen LogP contribution in [0.1, 0.15) is 19.3 Å². The Morgan fingerprint density at radius 2 is 0.923 bits per heavy atom. The van der Waals surface area contributed by atoms with Crippen LogP contribution in [0.3, 0.4) is 0 Å². The number of nitrogens with zero attached hydrogens (tertiary/aromatic N) is 2. The van der Waals surface area contributed by atoms with Gasteiger partial charge in [-0.25, -0.2) is 0 Å². The fraction of sp³-hybridized carbons (Fsp3) is 0.217. The van der Waals surface area contributed by atoms with Crippen molar-refractivity contribution < 1.29 is 26.1 Å². The van der Waals surface area contributed by atoms with E-state index in [2.05, 4.69) is 94.3 Å².